The van der Waals surface area contributed by atoms with Gasteiger partial charge in [-0.1, -0.05) is 24.3 Å². The van der Waals surface area contributed by atoms with Crippen LogP contribution >= 0.6 is 0 Å². The van der Waals surface area contributed by atoms with Crippen LogP contribution in [0.4, 0.5) is 0 Å². The Labute approximate surface area is 184 Å². The number of aliphatic imine (C=N–C) groups is 1. The number of hydrogen-bond donors (Lipinski definition) is 3. The van der Waals surface area contributed by atoms with Crippen molar-refractivity contribution < 1.29 is 14.3 Å². The fourth-order valence-electron chi connectivity index (χ4n) is 2.97. The number of benzene rings is 2. The number of guanidine groups is 1. The summed E-state index contributed by atoms with van der Waals surface area (Å²) >= 11 is 0. The molecule has 7 nitrogen and oxygen atoms in total. The average Bonchev–Trinajstić information content (AvgIpc) is 3.61. The second-order valence-corrected chi connectivity index (χ2v) is 7.49. The third-order valence-corrected chi connectivity index (χ3v) is 4.86. The Kier molecular flexibility index (Phi) is 8.58. The van der Waals surface area contributed by atoms with E-state index in [0.717, 1.165) is 49.6 Å². The number of nitrogens with one attached hydrogen (secondary N) is 3. The number of carbonyl (C=O) groups excluding carboxylic acids is 1. The lowest BCUT2D eigenvalue weighted by Gasteiger charge is -2.12. The van der Waals surface area contributed by atoms with Gasteiger partial charge in [-0.25, -0.2) is 4.99 Å². The fourth-order valence-corrected chi connectivity index (χ4v) is 2.97. The maximum Gasteiger partial charge on any atom is 0.258 e. The van der Waals surface area contributed by atoms with E-state index in [1.165, 1.54) is 5.56 Å². The Hall–Kier alpha value is -3.22. The summed E-state index contributed by atoms with van der Waals surface area (Å²) in [6, 6.07) is 16.1. The van der Waals surface area contributed by atoms with Crippen molar-refractivity contribution in [2.75, 3.05) is 26.8 Å². The second-order valence-electron chi connectivity index (χ2n) is 7.49. The molecule has 3 N–H and O–H groups in total. The number of hydrogen-bond acceptors (Lipinski definition) is 4. The number of ether oxygens (including phenoxy) is 2. The Balaban J connectivity index is 1.41. The van der Waals surface area contributed by atoms with Crippen LogP contribution in [0.3, 0.4) is 0 Å². The molecule has 0 unspecified atom stereocenters. The lowest BCUT2D eigenvalue weighted by Crippen LogP contribution is -2.38. The predicted molar refractivity (Wildman–Crippen MR) is 123 cm³/mol. The lowest BCUT2D eigenvalue weighted by molar-refractivity contribution is -0.123. The predicted octanol–water partition coefficient (Wildman–Crippen LogP) is 2.65. The Morgan fingerprint density at radius 1 is 1.00 bits per heavy atom. The third kappa shape index (κ3) is 8.20. The van der Waals surface area contributed by atoms with Crippen molar-refractivity contribution >= 4 is 11.9 Å². The van der Waals surface area contributed by atoms with Crippen LogP contribution < -0.4 is 25.4 Å². The van der Waals surface area contributed by atoms with Gasteiger partial charge in [0.1, 0.15) is 11.5 Å². The van der Waals surface area contributed by atoms with Crippen LogP contribution in [-0.4, -0.2) is 44.7 Å². The van der Waals surface area contributed by atoms with Gasteiger partial charge in [-0.05, 0) is 61.6 Å². The van der Waals surface area contributed by atoms with Crippen molar-refractivity contribution in [3.05, 3.63) is 59.7 Å². The van der Waals surface area contributed by atoms with Crippen molar-refractivity contribution in [1.29, 1.82) is 0 Å². The van der Waals surface area contributed by atoms with Gasteiger partial charge in [0, 0.05) is 19.1 Å². The topological polar surface area (TPSA) is 84.0 Å². The van der Waals surface area contributed by atoms with Crippen molar-refractivity contribution in [1.82, 2.24) is 16.0 Å². The van der Waals surface area contributed by atoms with Gasteiger partial charge in [0.25, 0.3) is 5.91 Å². The highest BCUT2D eigenvalue weighted by Gasteiger charge is 2.23. The van der Waals surface area contributed by atoms with Gasteiger partial charge in [0.2, 0.25) is 0 Å². The highest BCUT2D eigenvalue weighted by molar-refractivity contribution is 5.79. The summed E-state index contributed by atoms with van der Waals surface area (Å²) in [6.07, 6.45) is 3.02. The van der Waals surface area contributed by atoms with Gasteiger partial charge in [-0.2, -0.15) is 0 Å². The van der Waals surface area contributed by atoms with E-state index in [1.54, 1.807) is 7.11 Å². The highest BCUT2D eigenvalue weighted by Crippen LogP contribution is 2.18. The molecule has 166 valence electrons. The van der Waals surface area contributed by atoms with E-state index < -0.39 is 0 Å². The van der Waals surface area contributed by atoms with Gasteiger partial charge in [-0.3, -0.25) is 4.79 Å². The molecule has 0 saturated heterocycles. The second kappa shape index (κ2) is 11.8. The number of amides is 1. The van der Waals surface area contributed by atoms with Crippen LogP contribution in [0.5, 0.6) is 11.5 Å². The molecule has 1 aliphatic carbocycles. The summed E-state index contributed by atoms with van der Waals surface area (Å²) < 4.78 is 10.7. The first-order valence-electron chi connectivity index (χ1n) is 10.8. The minimum Gasteiger partial charge on any atom is -0.497 e. The van der Waals surface area contributed by atoms with Crippen LogP contribution in [0.25, 0.3) is 0 Å². The van der Waals surface area contributed by atoms with E-state index in [2.05, 4.69) is 20.9 Å². The first-order chi connectivity index (χ1) is 15.2. The zero-order valence-corrected chi connectivity index (χ0v) is 18.3. The monoisotopic (exact) mass is 424 g/mol. The molecule has 0 aromatic heterocycles. The summed E-state index contributed by atoms with van der Waals surface area (Å²) in [5, 5.41) is 9.56. The molecular weight excluding hydrogens is 392 g/mol. The largest absolute Gasteiger partial charge is 0.497 e. The van der Waals surface area contributed by atoms with Crippen molar-refractivity contribution in [2.45, 2.75) is 38.8 Å². The summed E-state index contributed by atoms with van der Waals surface area (Å²) in [6.45, 7) is 4.27. The summed E-state index contributed by atoms with van der Waals surface area (Å²) in [4.78, 5) is 16.3. The zero-order valence-electron chi connectivity index (χ0n) is 18.3. The molecule has 0 heterocycles. The molecule has 1 saturated carbocycles. The quantitative estimate of drug-likeness (QED) is 0.382. The van der Waals surface area contributed by atoms with Crippen LogP contribution in [0.1, 0.15) is 30.9 Å². The molecule has 2 aromatic carbocycles. The van der Waals surface area contributed by atoms with Crippen LogP contribution in [0.15, 0.2) is 53.5 Å². The molecule has 7 heteroatoms. The Bertz CT molecular complexity index is 846. The van der Waals surface area contributed by atoms with Gasteiger partial charge in [0.05, 0.1) is 13.7 Å². The van der Waals surface area contributed by atoms with E-state index in [1.807, 2.05) is 55.5 Å². The number of rotatable bonds is 11. The SMILES string of the molecule is CCNC(=NCc1ccc(OC)cc1)NCCc1ccc(OCC(=O)NC2CC2)cc1. The average molecular weight is 425 g/mol. The first kappa shape index (κ1) is 22.5. The van der Waals surface area contributed by atoms with E-state index >= 15 is 0 Å². The molecular formula is C24H32N4O3. The van der Waals surface area contributed by atoms with E-state index in [4.69, 9.17) is 9.47 Å². The van der Waals surface area contributed by atoms with Crippen LogP contribution in [0.2, 0.25) is 0 Å². The summed E-state index contributed by atoms with van der Waals surface area (Å²) in [5.41, 5.74) is 2.31. The van der Waals surface area contributed by atoms with Gasteiger partial charge in [-0.15, -0.1) is 0 Å². The van der Waals surface area contributed by atoms with Gasteiger partial charge < -0.3 is 25.4 Å². The molecule has 1 aliphatic rings. The number of methoxy groups -OCH3 is 1. The molecule has 0 bridgehead atoms. The van der Waals surface area contributed by atoms with Gasteiger partial charge >= 0.3 is 0 Å². The zero-order chi connectivity index (χ0) is 21.9. The minimum atomic E-state index is -0.0549. The molecule has 31 heavy (non-hydrogen) atoms. The summed E-state index contributed by atoms with van der Waals surface area (Å²) in [5.74, 6) is 2.29. The Morgan fingerprint density at radius 2 is 1.68 bits per heavy atom. The normalized spacial score (nSPS) is 13.4. The van der Waals surface area contributed by atoms with Gasteiger partial charge in [0.15, 0.2) is 12.6 Å². The number of carbonyl (C=O) groups is 1. The molecule has 1 amide bonds. The van der Waals surface area contributed by atoms with Crippen molar-refractivity contribution in [2.24, 2.45) is 4.99 Å². The standard InChI is InChI=1S/C24H32N4O3/c1-3-25-24(27-16-19-6-10-21(30-2)11-7-19)26-15-14-18-4-12-22(13-5-18)31-17-23(29)28-20-8-9-20/h4-7,10-13,20H,3,8-9,14-17H2,1-2H3,(H,28,29)(H2,25,26,27). The van der Waals surface area contributed by atoms with Crippen LogP contribution in [0, 0.1) is 0 Å². The maximum atomic E-state index is 11.7. The van der Waals surface area contributed by atoms with Crippen LogP contribution in [-0.2, 0) is 17.8 Å². The molecule has 0 atom stereocenters. The maximum absolute atomic E-state index is 11.7. The molecule has 0 radical (unpaired) electrons. The Morgan fingerprint density at radius 3 is 2.32 bits per heavy atom. The highest BCUT2D eigenvalue weighted by atomic mass is 16.5. The minimum absolute atomic E-state index is 0.0549. The fraction of sp³-hybridized carbons (Fsp3) is 0.417. The van der Waals surface area contributed by atoms with Crippen molar-refractivity contribution in [3.8, 4) is 11.5 Å². The van der Waals surface area contributed by atoms with E-state index in [9.17, 15) is 4.79 Å². The molecule has 0 spiro atoms. The molecule has 3 rings (SSSR count). The van der Waals surface area contributed by atoms with E-state index in [-0.39, 0.29) is 12.5 Å². The van der Waals surface area contributed by atoms with Crippen molar-refractivity contribution in [3.63, 3.8) is 0 Å². The molecule has 2 aromatic rings. The third-order valence-electron chi connectivity index (χ3n) is 4.86. The smallest absolute Gasteiger partial charge is 0.258 e. The first-order valence-corrected chi connectivity index (χ1v) is 10.8. The molecule has 1 fully saturated rings. The number of nitrogens with zero attached hydrogens (tertiary/aromatic N) is 1. The van der Waals surface area contributed by atoms with E-state index in [0.29, 0.717) is 18.3 Å². The molecule has 0 aliphatic heterocycles. The summed E-state index contributed by atoms with van der Waals surface area (Å²) in [7, 11) is 1.66. The lowest BCUT2D eigenvalue weighted by atomic mass is 10.1.